The number of carboxylic acids is 1. The number of phenols is 2. The van der Waals surface area contributed by atoms with Gasteiger partial charge in [0.2, 0.25) is 17.7 Å². The highest BCUT2D eigenvalue weighted by molar-refractivity contribution is 5.94. The van der Waals surface area contributed by atoms with E-state index in [2.05, 4.69) is 16.0 Å². The number of rotatable bonds is 13. The molecule has 0 radical (unpaired) electrons. The number of carbonyl (C=O) groups is 4. The molecule has 0 spiro atoms. The Morgan fingerprint density at radius 3 is 1.66 bits per heavy atom. The summed E-state index contributed by atoms with van der Waals surface area (Å²) >= 11 is 0. The van der Waals surface area contributed by atoms with Crippen LogP contribution in [0, 0.1) is 5.92 Å². The predicted octanol–water partition coefficient (Wildman–Crippen LogP) is -0.602. The quantitative estimate of drug-likeness (QED) is 0.166. The molecule has 12 heteroatoms. The van der Waals surface area contributed by atoms with Gasteiger partial charge in [0.05, 0.1) is 12.6 Å². The molecule has 9 N–H and O–H groups in total. The summed E-state index contributed by atoms with van der Waals surface area (Å²) in [4.78, 5) is 50.2. The number of nitrogens with two attached hydrogens (primary N) is 1. The van der Waals surface area contributed by atoms with Gasteiger partial charge in [0.25, 0.3) is 0 Å². The molecule has 12 nitrogen and oxygen atoms in total. The summed E-state index contributed by atoms with van der Waals surface area (Å²) in [6, 6.07) is 7.13. The van der Waals surface area contributed by atoms with Crippen LogP contribution in [0.5, 0.6) is 11.5 Å². The third-order valence-corrected chi connectivity index (χ3v) is 5.78. The van der Waals surface area contributed by atoms with E-state index in [0.29, 0.717) is 11.1 Å². The number of nitrogens with one attached hydrogen (secondary N) is 3. The first-order chi connectivity index (χ1) is 17.9. The number of benzene rings is 2. The highest BCUT2D eigenvalue weighted by atomic mass is 16.4. The topological polar surface area (TPSA) is 211 Å². The lowest BCUT2D eigenvalue weighted by atomic mass is 9.99. The van der Waals surface area contributed by atoms with E-state index >= 15 is 0 Å². The van der Waals surface area contributed by atoms with Crippen LogP contribution in [0.2, 0.25) is 0 Å². The van der Waals surface area contributed by atoms with Crippen molar-refractivity contribution in [3.8, 4) is 11.5 Å². The molecule has 4 atom stereocenters. The number of amides is 3. The molecular formula is C26H34N4O8. The first-order valence-electron chi connectivity index (χ1n) is 12.0. The van der Waals surface area contributed by atoms with E-state index in [4.69, 9.17) is 5.73 Å². The van der Waals surface area contributed by atoms with E-state index < -0.39 is 60.4 Å². The van der Waals surface area contributed by atoms with Gasteiger partial charge < -0.3 is 42.1 Å². The van der Waals surface area contributed by atoms with E-state index in [9.17, 15) is 39.6 Å². The monoisotopic (exact) mass is 530 g/mol. The molecule has 2 rings (SSSR count). The van der Waals surface area contributed by atoms with Crippen LogP contribution in [-0.4, -0.2) is 74.9 Å². The van der Waals surface area contributed by atoms with Crippen LogP contribution in [0.1, 0.15) is 25.0 Å². The van der Waals surface area contributed by atoms with E-state index in [0.717, 1.165) is 0 Å². The molecule has 206 valence electrons. The van der Waals surface area contributed by atoms with Crippen LogP contribution in [-0.2, 0) is 32.0 Å². The molecule has 0 saturated carbocycles. The second-order valence-corrected chi connectivity index (χ2v) is 9.22. The van der Waals surface area contributed by atoms with Gasteiger partial charge in [-0.15, -0.1) is 0 Å². The van der Waals surface area contributed by atoms with Gasteiger partial charge in [-0.2, -0.15) is 0 Å². The third-order valence-electron chi connectivity index (χ3n) is 5.78. The molecule has 0 aliphatic rings. The number of carboxylic acid groups (broad SMARTS) is 1. The van der Waals surface area contributed by atoms with Crippen molar-refractivity contribution in [2.24, 2.45) is 11.7 Å². The van der Waals surface area contributed by atoms with Crippen molar-refractivity contribution < 1.29 is 39.6 Å². The van der Waals surface area contributed by atoms with E-state index in [1.807, 2.05) is 0 Å². The zero-order valence-electron chi connectivity index (χ0n) is 21.1. The molecule has 2 aromatic carbocycles. The van der Waals surface area contributed by atoms with Crippen LogP contribution in [0.25, 0.3) is 0 Å². The van der Waals surface area contributed by atoms with Crippen molar-refractivity contribution in [1.82, 2.24) is 16.0 Å². The Kier molecular flexibility index (Phi) is 11.0. The summed E-state index contributed by atoms with van der Waals surface area (Å²) < 4.78 is 0. The lowest BCUT2D eigenvalue weighted by molar-refractivity contribution is -0.143. The SMILES string of the molecule is CC(C)C(NC(=O)C(N)Cc1ccc(O)cc1)C(=O)NC(Cc1ccc(O)cc1)C(=O)NC(CO)C(=O)O. The van der Waals surface area contributed by atoms with Crippen LogP contribution < -0.4 is 21.7 Å². The maximum atomic E-state index is 13.2. The third kappa shape index (κ3) is 9.05. The van der Waals surface area contributed by atoms with Gasteiger partial charge in [-0.25, -0.2) is 4.79 Å². The van der Waals surface area contributed by atoms with Gasteiger partial charge in [0, 0.05) is 6.42 Å². The molecule has 0 heterocycles. The summed E-state index contributed by atoms with van der Waals surface area (Å²) in [5, 5.41) is 44.7. The van der Waals surface area contributed by atoms with Gasteiger partial charge in [-0.3, -0.25) is 14.4 Å². The summed E-state index contributed by atoms with van der Waals surface area (Å²) in [6.07, 6.45) is 0.0942. The molecule has 2 aromatic rings. The maximum Gasteiger partial charge on any atom is 0.328 e. The Balaban J connectivity index is 2.17. The number of aliphatic carboxylic acids is 1. The zero-order chi connectivity index (χ0) is 28.4. The molecule has 0 aromatic heterocycles. The number of phenolic OH excluding ortho intramolecular Hbond substituents is 2. The van der Waals surface area contributed by atoms with E-state index in [1.165, 1.54) is 36.4 Å². The van der Waals surface area contributed by atoms with Crippen molar-refractivity contribution in [3.05, 3.63) is 59.7 Å². The summed E-state index contributed by atoms with van der Waals surface area (Å²) in [7, 11) is 0. The minimum Gasteiger partial charge on any atom is -0.508 e. The fourth-order valence-electron chi connectivity index (χ4n) is 3.57. The number of hydrogen-bond acceptors (Lipinski definition) is 8. The Morgan fingerprint density at radius 1 is 0.737 bits per heavy atom. The smallest absolute Gasteiger partial charge is 0.328 e. The maximum absolute atomic E-state index is 13.2. The molecule has 0 bridgehead atoms. The minimum atomic E-state index is -1.58. The largest absolute Gasteiger partial charge is 0.508 e. The standard InChI is InChI=1S/C26H34N4O8/c1-14(2)22(30-23(34)19(27)11-15-3-7-17(32)8-4-15)25(36)28-20(12-16-5-9-18(33)10-6-16)24(35)29-21(13-31)26(37)38/h3-10,14,19-22,31-33H,11-13,27H2,1-2H3,(H,28,36)(H,29,35)(H,30,34)(H,37,38). The Hall–Kier alpha value is -4.16. The molecule has 4 unspecified atom stereocenters. The molecule has 0 aliphatic carbocycles. The zero-order valence-corrected chi connectivity index (χ0v) is 21.1. The lowest BCUT2D eigenvalue weighted by Crippen LogP contribution is -2.59. The second-order valence-electron chi connectivity index (χ2n) is 9.22. The van der Waals surface area contributed by atoms with Gasteiger partial charge in [0.15, 0.2) is 0 Å². The number of carbonyl (C=O) groups excluding carboxylic acids is 3. The lowest BCUT2D eigenvalue weighted by Gasteiger charge is -2.27. The first kappa shape index (κ1) is 30.1. The first-order valence-corrected chi connectivity index (χ1v) is 12.0. The van der Waals surface area contributed by atoms with Gasteiger partial charge in [0.1, 0.15) is 29.6 Å². The van der Waals surface area contributed by atoms with E-state index in [-0.39, 0.29) is 24.3 Å². The van der Waals surface area contributed by atoms with Gasteiger partial charge in [-0.1, -0.05) is 38.1 Å². The van der Waals surface area contributed by atoms with Crippen molar-refractivity contribution in [3.63, 3.8) is 0 Å². The Bertz CT molecular complexity index is 1110. The van der Waals surface area contributed by atoms with Crippen LogP contribution in [0.4, 0.5) is 0 Å². The average molecular weight is 531 g/mol. The van der Waals surface area contributed by atoms with Crippen molar-refractivity contribution >= 4 is 23.7 Å². The van der Waals surface area contributed by atoms with Gasteiger partial charge >= 0.3 is 5.97 Å². The highest BCUT2D eigenvalue weighted by Gasteiger charge is 2.31. The number of aromatic hydroxyl groups is 2. The fourth-order valence-corrected chi connectivity index (χ4v) is 3.57. The summed E-state index contributed by atoms with van der Waals surface area (Å²) in [5.41, 5.74) is 7.29. The molecule has 0 fully saturated rings. The van der Waals surface area contributed by atoms with Crippen molar-refractivity contribution in [2.75, 3.05) is 6.61 Å². The Morgan fingerprint density at radius 2 is 1.21 bits per heavy atom. The summed E-state index contributed by atoms with van der Waals surface area (Å²) in [5.74, 6) is -3.94. The fraction of sp³-hybridized carbons (Fsp3) is 0.385. The minimum absolute atomic E-state index is 0.00349. The molecule has 38 heavy (non-hydrogen) atoms. The molecular weight excluding hydrogens is 496 g/mol. The van der Waals surface area contributed by atoms with Crippen LogP contribution in [0.15, 0.2) is 48.5 Å². The number of aliphatic hydroxyl groups is 1. The predicted molar refractivity (Wildman–Crippen MR) is 137 cm³/mol. The van der Waals surface area contributed by atoms with Crippen LogP contribution in [0.3, 0.4) is 0 Å². The molecule has 3 amide bonds. The average Bonchev–Trinajstić information content (AvgIpc) is 2.87. The normalized spacial score (nSPS) is 14.1. The van der Waals surface area contributed by atoms with E-state index in [1.54, 1.807) is 26.0 Å². The number of hydrogen-bond donors (Lipinski definition) is 8. The van der Waals surface area contributed by atoms with Crippen molar-refractivity contribution in [1.29, 1.82) is 0 Å². The van der Waals surface area contributed by atoms with Crippen molar-refractivity contribution in [2.45, 2.75) is 50.9 Å². The molecule has 0 saturated heterocycles. The second kappa shape index (κ2) is 14.0. The highest BCUT2D eigenvalue weighted by Crippen LogP contribution is 2.13. The Labute approximate surface area is 219 Å². The molecule has 0 aliphatic heterocycles. The summed E-state index contributed by atoms with van der Waals surface area (Å²) in [6.45, 7) is 2.53. The van der Waals surface area contributed by atoms with Gasteiger partial charge in [-0.05, 0) is 47.7 Å². The van der Waals surface area contributed by atoms with Crippen LogP contribution >= 0.6 is 0 Å². The number of aliphatic hydroxyl groups excluding tert-OH is 1.